The van der Waals surface area contributed by atoms with Crippen molar-refractivity contribution >= 4 is 0 Å². The average Bonchev–Trinajstić information content (AvgIpc) is 3.09. The maximum absolute atomic E-state index is 5.50. The summed E-state index contributed by atoms with van der Waals surface area (Å²) >= 11 is 0. The van der Waals surface area contributed by atoms with Gasteiger partial charge in [-0.25, -0.2) is 9.36 Å². The lowest BCUT2D eigenvalue weighted by atomic mass is 10.3. The van der Waals surface area contributed by atoms with Crippen molar-refractivity contribution in [3.63, 3.8) is 0 Å². The van der Waals surface area contributed by atoms with Gasteiger partial charge < -0.3 is 5.73 Å². The van der Waals surface area contributed by atoms with Crippen LogP contribution >= 0.6 is 0 Å². The monoisotopic (exact) mass is 254 g/mol. The fraction of sp³-hybridized carbons (Fsp3) is 0.154. The molecule has 19 heavy (non-hydrogen) atoms. The molecule has 1 aromatic carbocycles. The number of nitrogens with zero attached hydrogens (tertiary/aromatic N) is 5. The van der Waals surface area contributed by atoms with Crippen molar-refractivity contribution in [3.05, 3.63) is 60.2 Å². The Balaban J connectivity index is 1.78. The number of para-hydroxylation sites is 1. The highest BCUT2D eigenvalue weighted by atomic mass is 15.4. The SMILES string of the molecule is NCc1cn(Cc2ccn(-c3ccccc3)n2)nn1. The van der Waals surface area contributed by atoms with E-state index in [0.717, 1.165) is 17.1 Å². The summed E-state index contributed by atoms with van der Waals surface area (Å²) in [4.78, 5) is 0. The molecule has 0 saturated heterocycles. The molecule has 96 valence electrons. The Hall–Kier alpha value is -2.47. The summed E-state index contributed by atoms with van der Waals surface area (Å²) in [6, 6.07) is 12.0. The van der Waals surface area contributed by atoms with E-state index in [9.17, 15) is 0 Å². The molecule has 0 aliphatic heterocycles. The van der Waals surface area contributed by atoms with E-state index < -0.39 is 0 Å². The molecule has 0 aliphatic rings. The third-order valence-corrected chi connectivity index (χ3v) is 2.78. The van der Waals surface area contributed by atoms with Gasteiger partial charge in [0.1, 0.15) is 0 Å². The Morgan fingerprint density at radius 2 is 1.89 bits per heavy atom. The number of benzene rings is 1. The summed E-state index contributed by atoms with van der Waals surface area (Å²) in [5.74, 6) is 0. The maximum atomic E-state index is 5.50. The molecule has 0 amide bonds. The minimum absolute atomic E-state index is 0.401. The summed E-state index contributed by atoms with van der Waals surface area (Å²) < 4.78 is 3.58. The first-order valence-corrected chi connectivity index (χ1v) is 6.04. The molecule has 0 atom stereocenters. The second-order valence-electron chi connectivity index (χ2n) is 4.20. The quantitative estimate of drug-likeness (QED) is 0.753. The highest BCUT2D eigenvalue weighted by molar-refractivity contribution is 5.30. The molecule has 0 bridgehead atoms. The van der Waals surface area contributed by atoms with Crippen molar-refractivity contribution in [1.82, 2.24) is 24.8 Å². The molecule has 0 unspecified atom stereocenters. The van der Waals surface area contributed by atoms with Gasteiger partial charge in [-0.2, -0.15) is 5.10 Å². The highest BCUT2D eigenvalue weighted by Gasteiger charge is 2.04. The first-order chi connectivity index (χ1) is 9.35. The van der Waals surface area contributed by atoms with E-state index in [2.05, 4.69) is 15.4 Å². The molecule has 0 fully saturated rings. The topological polar surface area (TPSA) is 74.5 Å². The average molecular weight is 254 g/mol. The van der Waals surface area contributed by atoms with E-state index >= 15 is 0 Å². The van der Waals surface area contributed by atoms with Gasteiger partial charge in [0, 0.05) is 12.7 Å². The predicted octanol–water partition coefficient (Wildman–Crippen LogP) is 0.971. The van der Waals surface area contributed by atoms with Crippen LogP contribution in [0.2, 0.25) is 0 Å². The minimum Gasteiger partial charge on any atom is -0.325 e. The fourth-order valence-corrected chi connectivity index (χ4v) is 1.85. The Bertz CT molecular complexity index is 655. The first-order valence-electron chi connectivity index (χ1n) is 6.04. The van der Waals surface area contributed by atoms with Crippen LogP contribution in [-0.2, 0) is 13.1 Å². The van der Waals surface area contributed by atoms with Crippen LogP contribution in [0.25, 0.3) is 5.69 Å². The Labute approximate surface area is 110 Å². The number of rotatable bonds is 4. The summed E-state index contributed by atoms with van der Waals surface area (Å²) in [7, 11) is 0. The fourth-order valence-electron chi connectivity index (χ4n) is 1.85. The second-order valence-corrected chi connectivity index (χ2v) is 4.20. The van der Waals surface area contributed by atoms with E-state index in [-0.39, 0.29) is 0 Å². The zero-order chi connectivity index (χ0) is 13.1. The number of aromatic nitrogens is 5. The van der Waals surface area contributed by atoms with Crippen molar-refractivity contribution in [2.24, 2.45) is 5.73 Å². The molecule has 0 aliphatic carbocycles. The summed E-state index contributed by atoms with van der Waals surface area (Å²) in [5.41, 5.74) is 8.25. The second kappa shape index (κ2) is 5.03. The lowest BCUT2D eigenvalue weighted by Gasteiger charge is -2.00. The van der Waals surface area contributed by atoms with E-state index in [1.807, 2.05) is 53.5 Å². The van der Waals surface area contributed by atoms with Crippen molar-refractivity contribution in [1.29, 1.82) is 0 Å². The largest absolute Gasteiger partial charge is 0.325 e. The molecule has 2 aromatic heterocycles. The number of hydrogen-bond acceptors (Lipinski definition) is 4. The molecule has 2 heterocycles. The van der Waals surface area contributed by atoms with Gasteiger partial charge in [0.2, 0.25) is 0 Å². The molecule has 6 heteroatoms. The van der Waals surface area contributed by atoms with Gasteiger partial charge in [0.15, 0.2) is 0 Å². The van der Waals surface area contributed by atoms with E-state index in [1.165, 1.54) is 0 Å². The van der Waals surface area contributed by atoms with Crippen molar-refractivity contribution < 1.29 is 0 Å². The van der Waals surface area contributed by atoms with Crippen molar-refractivity contribution in [2.45, 2.75) is 13.1 Å². The van der Waals surface area contributed by atoms with Gasteiger partial charge >= 0.3 is 0 Å². The summed E-state index contributed by atoms with van der Waals surface area (Å²) in [5, 5.41) is 12.5. The van der Waals surface area contributed by atoms with Crippen molar-refractivity contribution in [3.8, 4) is 5.69 Å². The molecule has 2 N–H and O–H groups in total. The van der Waals surface area contributed by atoms with Gasteiger partial charge in [-0.05, 0) is 18.2 Å². The first kappa shape index (κ1) is 11.6. The number of nitrogens with two attached hydrogens (primary N) is 1. The zero-order valence-corrected chi connectivity index (χ0v) is 10.3. The van der Waals surface area contributed by atoms with Gasteiger partial charge in [-0.1, -0.05) is 23.4 Å². The van der Waals surface area contributed by atoms with E-state index in [1.54, 1.807) is 4.68 Å². The van der Waals surface area contributed by atoms with E-state index in [4.69, 9.17) is 5.73 Å². The Kier molecular flexibility index (Phi) is 3.07. The third-order valence-electron chi connectivity index (χ3n) is 2.78. The van der Waals surface area contributed by atoms with Gasteiger partial charge in [-0.3, -0.25) is 0 Å². The molecular weight excluding hydrogens is 240 g/mol. The third kappa shape index (κ3) is 2.53. The predicted molar refractivity (Wildman–Crippen MR) is 70.6 cm³/mol. The van der Waals surface area contributed by atoms with Crippen molar-refractivity contribution in [2.75, 3.05) is 0 Å². The standard InChI is InChI=1S/C13H14N6/c14-8-12-10-18(17-15-12)9-11-6-7-19(16-11)13-4-2-1-3-5-13/h1-7,10H,8-9,14H2. The summed E-state index contributed by atoms with van der Waals surface area (Å²) in [6.07, 6.45) is 3.77. The normalized spacial score (nSPS) is 10.8. The molecule has 6 nitrogen and oxygen atoms in total. The van der Waals surface area contributed by atoms with Crippen LogP contribution < -0.4 is 5.73 Å². The van der Waals surface area contributed by atoms with Crippen LogP contribution in [0, 0.1) is 0 Å². The van der Waals surface area contributed by atoms with Gasteiger partial charge in [0.25, 0.3) is 0 Å². The summed E-state index contributed by atoms with van der Waals surface area (Å²) in [6.45, 7) is 0.991. The molecule has 3 rings (SSSR count). The van der Waals surface area contributed by atoms with Crippen LogP contribution in [-0.4, -0.2) is 24.8 Å². The molecule has 0 saturated carbocycles. The van der Waals surface area contributed by atoms with Crippen LogP contribution in [0.1, 0.15) is 11.4 Å². The lowest BCUT2D eigenvalue weighted by Crippen LogP contribution is -2.03. The van der Waals surface area contributed by atoms with Crippen LogP contribution in [0.15, 0.2) is 48.8 Å². The Morgan fingerprint density at radius 1 is 1.05 bits per heavy atom. The lowest BCUT2D eigenvalue weighted by molar-refractivity contribution is 0.631. The van der Waals surface area contributed by atoms with Crippen LogP contribution in [0.4, 0.5) is 0 Å². The minimum atomic E-state index is 0.401. The Morgan fingerprint density at radius 3 is 2.63 bits per heavy atom. The smallest absolute Gasteiger partial charge is 0.0962 e. The number of hydrogen-bond donors (Lipinski definition) is 1. The zero-order valence-electron chi connectivity index (χ0n) is 10.3. The van der Waals surface area contributed by atoms with Crippen LogP contribution in [0.5, 0.6) is 0 Å². The van der Waals surface area contributed by atoms with E-state index in [0.29, 0.717) is 13.1 Å². The molecule has 0 radical (unpaired) electrons. The molecular formula is C13H14N6. The maximum Gasteiger partial charge on any atom is 0.0962 e. The molecule has 0 spiro atoms. The van der Waals surface area contributed by atoms with Gasteiger partial charge in [-0.15, -0.1) is 5.10 Å². The van der Waals surface area contributed by atoms with Crippen LogP contribution in [0.3, 0.4) is 0 Å². The van der Waals surface area contributed by atoms with Gasteiger partial charge in [0.05, 0.1) is 29.8 Å². The molecule has 3 aromatic rings. The highest BCUT2D eigenvalue weighted by Crippen LogP contribution is 2.07.